The van der Waals surface area contributed by atoms with Crippen molar-refractivity contribution in [3.05, 3.63) is 89.5 Å². The lowest BCUT2D eigenvalue weighted by molar-refractivity contribution is 0.556. The number of unbranched alkanes of at least 4 members (excludes halogenated alkanes) is 9. The highest BCUT2D eigenvalue weighted by Gasteiger charge is 2.19. The van der Waals surface area contributed by atoms with Crippen molar-refractivity contribution in [2.75, 3.05) is 0 Å². The van der Waals surface area contributed by atoms with Crippen LogP contribution in [0.25, 0.3) is 0 Å². The third kappa shape index (κ3) is 8.12. The van der Waals surface area contributed by atoms with Gasteiger partial charge in [0.15, 0.2) is 0 Å². The topological polar surface area (TPSA) is 0 Å². The van der Waals surface area contributed by atoms with Crippen LogP contribution in [-0.4, -0.2) is 0 Å². The fourth-order valence-corrected chi connectivity index (χ4v) is 7.25. The summed E-state index contributed by atoms with van der Waals surface area (Å²) in [6.45, 7) is 6.80. The monoisotopic (exact) mass is 458 g/mol. The molecule has 0 saturated heterocycles. The molecule has 3 rings (SSSR count). The zero-order chi connectivity index (χ0) is 23.3. The molecule has 0 bridgehead atoms. The molecule has 3 aromatic rings. The van der Waals surface area contributed by atoms with Crippen molar-refractivity contribution in [2.24, 2.45) is 0 Å². The standard InChI is InChI=1S/C32H43P/c1-4-5-6-7-8-9-10-11-12-13-20-29-23-25-30(26-24-29)33(31-21-16-14-18-27(31)2)32-22-17-15-19-28(32)3/h14-19,21-26H,4-13,20H2,1-3H3. The van der Waals surface area contributed by atoms with E-state index in [0.717, 1.165) is 0 Å². The van der Waals surface area contributed by atoms with Crippen LogP contribution in [-0.2, 0) is 6.42 Å². The van der Waals surface area contributed by atoms with E-state index in [1.54, 1.807) is 0 Å². The van der Waals surface area contributed by atoms with Crippen molar-refractivity contribution in [2.45, 2.75) is 91.4 Å². The number of aryl methyl sites for hydroxylation is 3. The highest BCUT2D eigenvalue weighted by atomic mass is 31.1. The minimum absolute atomic E-state index is 0.529. The Morgan fingerprint density at radius 2 is 0.970 bits per heavy atom. The molecule has 0 atom stereocenters. The van der Waals surface area contributed by atoms with Gasteiger partial charge < -0.3 is 0 Å². The first kappa shape index (κ1) is 25.7. The highest BCUT2D eigenvalue weighted by molar-refractivity contribution is 7.80. The Balaban J connectivity index is 1.56. The van der Waals surface area contributed by atoms with Gasteiger partial charge >= 0.3 is 0 Å². The van der Waals surface area contributed by atoms with E-state index in [0.29, 0.717) is 0 Å². The van der Waals surface area contributed by atoms with E-state index >= 15 is 0 Å². The van der Waals surface area contributed by atoms with Crippen LogP contribution in [0.4, 0.5) is 0 Å². The van der Waals surface area contributed by atoms with E-state index in [4.69, 9.17) is 0 Å². The zero-order valence-corrected chi connectivity index (χ0v) is 22.0. The third-order valence-electron chi connectivity index (χ3n) is 6.73. The summed E-state index contributed by atoms with van der Waals surface area (Å²) >= 11 is 0. The molecule has 1 heteroatoms. The van der Waals surface area contributed by atoms with E-state index in [1.807, 2.05) is 0 Å². The Hall–Kier alpha value is -1.91. The molecule has 0 aliphatic carbocycles. The van der Waals surface area contributed by atoms with Gasteiger partial charge in [0, 0.05) is 0 Å². The SMILES string of the molecule is CCCCCCCCCCCCc1ccc(P(c2ccccc2C)c2ccccc2C)cc1. The first-order valence-corrected chi connectivity index (χ1v) is 14.5. The van der Waals surface area contributed by atoms with Gasteiger partial charge in [-0.15, -0.1) is 0 Å². The lowest BCUT2D eigenvalue weighted by atomic mass is 10.0. The van der Waals surface area contributed by atoms with E-state index in [2.05, 4.69) is 93.6 Å². The molecule has 0 saturated carbocycles. The van der Waals surface area contributed by atoms with Gasteiger partial charge in [0.2, 0.25) is 0 Å². The molecule has 0 spiro atoms. The van der Waals surface area contributed by atoms with Gasteiger partial charge in [-0.25, -0.2) is 0 Å². The summed E-state index contributed by atoms with van der Waals surface area (Å²) in [6, 6.07) is 27.4. The van der Waals surface area contributed by atoms with Gasteiger partial charge in [0.1, 0.15) is 0 Å². The first-order valence-electron chi connectivity index (χ1n) is 13.2. The van der Waals surface area contributed by atoms with Gasteiger partial charge in [-0.05, 0) is 67.2 Å². The second-order valence-electron chi connectivity index (χ2n) is 9.51. The molecule has 0 unspecified atom stereocenters. The second-order valence-corrected chi connectivity index (χ2v) is 11.7. The number of rotatable bonds is 14. The van der Waals surface area contributed by atoms with E-state index in [-0.39, 0.29) is 0 Å². The molecule has 0 radical (unpaired) electrons. The maximum absolute atomic E-state index is 2.40. The molecule has 33 heavy (non-hydrogen) atoms. The number of benzene rings is 3. The average molecular weight is 459 g/mol. The predicted octanol–water partition coefficient (Wildman–Crippen LogP) is 8.53. The molecule has 176 valence electrons. The molecule has 3 aromatic carbocycles. The fraction of sp³-hybridized carbons (Fsp3) is 0.438. The molecule has 0 N–H and O–H groups in total. The Labute approximate surface area is 204 Å². The van der Waals surface area contributed by atoms with Crippen molar-refractivity contribution in [1.82, 2.24) is 0 Å². The molecule has 0 aliphatic rings. The largest absolute Gasteiger partial charge is 0.0654 e. The Morgan fingerprint density at radius 3 is 1.45 bits per heavy atom. The van der Waals surface area contributed by atoms with E-state index in [1.165, 1.54) is 103 Å². The third-order valence-corrected chi connectivity index (χ3v) is 9.51. The fourth-order valence-electron chi connectivity index (χ4n) is 4.66. The minimum Gasteiger partial charge on any atom is -0.0654 e. The zero-order valence-electron chi connectivity index (χ0n) is 21.2. The molecular formula is C32H43P. The van der Waals surface area contributed by atoms with Crippen LogP contribution in [0.3, 0.4) is 0 Å². The lowest BCUT2D eigenvalue weighted by Gasteiger charge is -2.23. The summed E-state index contributed by atoms with van der Waals surface area (Å²) in [7, 11) is -0.529. The van der Waals surface area contributed by atoms with Gasteiger partial charge in [-0.3, -0.25) is 0 Å². The summed E-state index contributed by atoms with van der Waals surface area (Å²) < 4.78 is 0. The summed E-state index contributed by atoms with van der Waals surface area (Å²) in [5.74, 6) is 0. The Bertz CT molecular complexity index is 895. The van der Waals surface area contributed by atoms with Crippen molar-refractivity contribution in [1.29, 1.82) is 0 Å². The molecule has 0 aromatic heterocycles. The molecule has 0 heterocycles. The van der Waals surface area contributed by atoms with Crippen molar-refractivity contribution in [3.8, 4) is 0 Å². The van der Waals surface area contributed by atoms with Crippen LogP contribution in [0, 0.1) is 13.8 Å². The Kier molecular flexibility index (Phi) is 11.2. The van der Waals surface area contributed by atoms with Crippen LogP contribution >= 0.6 is 7.92 Å². The Morgan fingerprint density at radius 1 is 0.515 bits per heavy atom. The lowest BCUT2D eigenvalue weighted by Crippen LogP contribution is -2.24. The smallest absolute Gasteiger partial charge is 0.0122 e. The predicted molar refractivity (Wildman–Crippen MR) is 150 cm³/mol. The molecule has 0 fully saturated rings. The van der Waals surface area contributed by atoms with Crippen molar-refractivity contribution < 1.29 is 0 Å². The summed E-state index contributed by atoms with van der Waals surface area (Å²) in [6.07, 6.45) is 15.2. The average Bonchev–Trinajstić information content (AvgIpc) is 2.84. The number of hydrogen-bond acceptors (Lipinski definition) is 0. The maximum Gasteiger partial charge on any atom is -0.0122 e. The van der Waals surface area contributed by atoms with E-state index in [9.17, 15) is 0 Å². The summed E-state index contributed by atoms with van der Waals surface area (Å²) in [4.78, 5) is 0. The quantitative estimate of drug-likeness (QED) is 0.168. The van der Waals surface area contributed by atoms with Crippen LogP contribution in [0.2, 0.25) is 0 Å². The van der Waals surface area contributed by atoms with E-state index < -0.39 is 7.92 Å². The molecule has 0 nitrogen and oxygen atoms in total. The summed E-state index contributed by atoms with van der Waals surface area (Å²) in [5.41, 5.74) is 4.27. The van der Waals surface area contributed by atoms with Crippen molar-refractivity contribution >= 4 is 23.8 Å². The van der Waals surface area contributed by atoms with Crippen LogP contribution in [0.1, 0.15) is 87.8 Å². The van der Waals surface area contributed by atoms with Gasteiger partial charge in [-0.1, -0.05) is 138 Å². The van der Waals surface area contributed by atoms with Crippen molar-refractivity contribution in [3.63, 3.8) is 0 Å². The normalized spacial score (nSPS) is 11.3. The molecule has 0 amide bonds. The molecular weight excluding hydrogens is 415 g/mol. The highest BCUT2D eigenvalue weighted by Crippen LogP contribution is 2.35. The minimum atomic E-state index is -0.529. The second kappa shape index (κ2) is 14.4. The first-order chi connectivity index (χ1) is 16.2. The molecule has 0 aliphatic heterocycles. The van der Waals surface area contributed by atoms with Gasteiger partial charge in [0.05, 0.1) is 0 Å². The van der Waals surface area contributed by atoms with Gasteiger partial charge in [0.25, 0.3) is 0 Å². The van der Waals surface area contributed by atoms with Crippen LogP contribution in [0.5, 0.6) is 0 Å². The summed E-state index contributed by atoms with van der Waals surface area (Å²) in [5, 5.41) is 4.41. The van der Waals surface area contributed by atoms with Gasteiger partial charge in [-0.2, -0.15) is 0 Å². The number of hydrogen-bond donors (Lipinski definition) is 0. The van der Waals surface area contributed by atoms with Crippen LogP contribution in [0.15, 0.2) is 72.8 Å². The van der Waals surface area contributed by atoms with Crippen LogP contribution < -0.4 is 15.9 Å². The maximum atomic E-state index is 2.40.